The molecule has 2 heteroatoms. The van der Waals surface area contributed by atoms with E-state index in [4.69, 9.17) is 0 Å². The lowest BCUT2D eigenvalue weighted by atomic mass is 9.98. The number of anilines is 1. The van der Waals surface area contributed by atoms with Crippen molar-refractivity contribution >= 4 is 16.5 Å². The molecule has 0 unspecified atom stereocenters. The van der Waals surface area contributed by atoms with Crippen molar-refractivity contribution in [2.75, 3.05) is 19.0 Å². The van der Waals surface area contributed by atoms with Crippen molar-refractivity contribution in [2.24, 2.45) is 0 Å². The Morgan fingerprint density at radius 2 is 1.67 bits per heavy atom. The van der Waals surface area contributed by atoms with Gasteiger partial charge in [-0.1, -0.05) is 29.8 Å². The second-order valence-electron chi connectivity index (χ2n) is 5.62. The Morgan fingerprint density at radius 1 is 0.857 bits per heavy atom. The third-order valence-electron chi connectivity index (χ3n) is 3.73. The zero-order chi connectivity index (χ0) is 15.0. The summed E-state index contributed by atoms with van der Waals surface area (Å²) in [4.78, 5) is 2.07. The van der Waals surface area contributed by atoms with Crippen LogP contribution in [0.2, 0.25) is 0 Å². The lowest BCUT2D eigenvalue weighted by Gasteiger charge is -2.18. The van der Waals surface area contributed by atoms with Crippen molar-refractivity contribution in [3.63, 3.8) is 0 Å². The minimum absolute atomic E-state index is 0.200. The van der Waals surface area contributed by atoms with Crippen molar-refractivity contribution in [3.05, 3.63) is 66.0 Å². The molecule has 0 saturated heterocycles. The van der Waals surface area contributed by atoms with Gasteiger partial charge in [0.15, 0.2) is 0 Å². The molecule has 0 saturated carbocycles. The average Bonchev–Trinajstić information content (AvgIpc) is 2.45. The predicted octanol–water partition coefficient (Wildman–Crippen LogP) is 5.02. The summed E-state index contributed by atoms with van der Waals surface area (Å²) in [6.45, 7) is 2.08. The molecule has 0 amide bonds. The van der Waals surface area contributed by atoms with Crippen LogP contribution in [0.15, 0.2) is 54.6 Å². The van der Waals surface area contributed by atoms with E-state index in [1.165, 1.54) is 11.6 Å². The van der Waals surface area contributed by atoms with Gasteiger partial charge in [-0.2, -0.15) is 0 Å². The van der Waals surface area contributed by atoms with E-state index in [0.29, 0.717) is 0 Å². The Hall–Kier alpha value is -2.35. The summed E-state index contributed by atoms with van der Waals surface area (Å²) < 4.78 is 13.6. The number of hydrogen-bond acceptors (Lipinski definition) is 1. The van der Waals surface area contributed by atoms with Crippen LogP contribution in [-0.4, -0.2) is 14.1 Å². The molecule has 0 radical (unpaired) electrons. The van der Waals surface area contributed by atoms with E-state index >= 15 is 0 Å². The first-order valence-corrected chi connectivity index (χ1v) is 7.02. The molecule has 3 aromatic carbocycles. The maximum atomic E-state index is 13.6. The Morgan fingerprint density at radius 3 is 2.38 bits per heavy atom. The number of aryl methyl sites for hydroxylation is 1. The van der Waals surface area contributed by atoms with Crippen LogP contribution in [-0.2, 0) is 0 Å². The molecule has 3 rings (SSSR count). The van der Waals surface area contributed by atoms with Crippen molar-refractivity contribution < 1.29 is 4.39 Å². The first kappa shape index (κ1) is 13.6. The summed E-state index contributed by atoms with van der Waals surface area (Å²) in [5, 5.41) is 2.00. The van der Waals surface area contributed by atoms with Crippen LogP contribution >= 0.6 is 0 Å². The van der Waals surface area contributed by atoms with Crippen molar-refractivity contribution in [1.82, 2.24) is 0 Å². The molecule has 3 aromatic rings. The molecule has 1 nitrogen and oxygen atoms in total. The number of fused-ring (bicyclic) bond motifs is 1. The fourth-order valence-electron chi connectivity index (χ4n) is 2.68. The first-order valence-electron chi connectivity index (χ1n) is 7.02. The van der Waals surface area contributed by atoms with Gasteiger partial charge in [0.2, 0.25) is 0 Å². The zero-order valence-electron chi connectivity index (χ0n) is 12.5. The molecule has 0 fully saturated rings. The van der Waals surface area contributed by atoms with E-state index < -0.39 is 0 Å². The highest BCUT2D eigenvalue weighted by atomic mass is 19.1. The van der Waals surface area contributed by atoms with Crippen LogP contribution in [0.25, 0.3) is 21.9 Å². The van der Waals surface area contributed by atoms with Crippen molar-refractivity contribution in [2.45, 2.75) is 6.92 Å². The van der Waals surface area contributed by atoms with Gasteiger partial charge in [-0.05, 0) is 53.8 Å². The third-order valence-corrected chi connectivity index (χ3v) is 3.73. The minimum atomic E-state index is -0.200. The van der Waals surface area contributed by atoms with Gasteiger partial charge in [0, 0.05) is 25.2 Å². The van der Waals surface area contributed by atoms with E-state index in [2.05, 4.69) is 48.2 Å². The van der Waals surface area contributed by atoms with Crippen LogP contribution in [0.5, 0.6) is 0 Å². The van der Waals surface area contributed by atoms with E-state index in [0.717, 1.165) is 27.6 Å². The SMILES string of the molecule is Cc1cccc(-c2cc(N(C)C)c3ccc(F)cc3c2)c1. The number of halogens is 1. The molecule has 0 aliphatic carbocycles. The van der Waals surface area contributed by atoms with Gasteiger partial charge in [0.05, 0.1) is 0 Å². The number of nitrogens with zero attached hydrogens (tertiary/aromatic N) is 1. The van der Waals surface area contributed by atoms with Gasteiger partial charge in [-0.25, -0.2) is 4.39 Å². The van der Waals surface area contributed by atoms with Crippen LogP contribution in [0, 0.1) is 12.7 Å². The highest BCUT2D eigenvalue weighted by Gasteiger charge is 2.08. The monoisotopic (exact) mass is 279 g/mol. The number of rotatable bonds is 2. The molecule has 21 heavy (non-hydrogen) atoms. The maximum Gasteiger partial charge on any atom is 0.123 e. The standard InChI is InChI=1S/C19H18FN/c1-13-5-4-6-14(9-13)15-10-16-11-17(20)7-8-18(16)19(12-15)21(2)3/h4-12H,1-3H3. The van der Waals surface area contributed by atoms with Crippen LogP contribution in [0.1, 0.15) is 5.56 Å². The molecule has 0 bridgehead atoms. The van der Waals surface area contributed by atoms with E-state index in [1.54, 1.807) is 6.07 Å². The Balaban J connectivity index is 2.29. The van der Waals surface area contributed by atoms with Gasteiger partial charge < -0.3 is 4.90 Å². The van der Waals surface area contributed by atoms with Crippen molar-refractivity contribution in [1.29, 1.82) is 0 Å². The predicted molar refractivity (Wildman–Crippen MR) is 88.4 cm³/mol. The summed E-state index contributed by atoms with van der Waals surface area (Å²) in [6, 6.07) is 17.6. The summed E-state index contributed by atoms with van der Waals surface area (Å²) in [5.74, 6) is -0.200. The largest absolute Gasteiger partial charge is 0.377 e. The van der Waals surface area contributed by atoms with E-state index in [-0.39, 0.29) is 5.82 Å². The molecule has 106 valence electrons. The number of benzene rings is 3. The van der Waals surface area contributed by atoms with Crippen molar-refractivity contribution in [3.8, 4) is 11.1 Å². The van der Waals surface area contributed by atoms with Crippen LogP contribution in [0.4, 0.5) is 10.1 Å². The Kier molecular flexibility index (Phi) is 3.38. The highest BCUT2D eigenvalue weighted by molar-refractivity contribution is 5.98. The van der Waals surface area contributed by atoms with E-state index in [1.807, 2.05) is 20.2 Å². The lowest BCUT2D eigenvalue weighted by molar-refractivity contribution is 0.630. The smallest absolute Gasteiger partial charge is 0.123 e. The van der Waals surface area contributed by atoms with Crippen LogP contribution in [0.3, 0.4) is 0 Å². The van der Waals surface area contributed by atoms with Gasteiger partial charge in [0.1, 0.15) is 5.82 Å². The third kappa shape index (κ3) is 2.62. The lowest BCUT2D eigenvalue weighted by Crippen LogP contribution is -2.09. The van der Waals surface area contributed by atoms with Gasteiger partial charge in [-0.3, -0.25) is 0 Å². The fraction of sp³-hybridized carbons (Fsp3) is 0.158. The maximum absolute atomic E-state index is 13.6. The molecule has 0 N–H and O–H groups in total. The van der Waals surface area contributed by atoms with Gasteiger partial charge in [-0.15, -0.1) is 0 Å². The number of hydrogen-bond donors (Lipinski definition) is 0. The minimum Gasteiger partial charge on any atom is -0.377 e. The summed E-state index contributed by atoms with van der Waals surface area (Å²) in [6.07, 6.45) is 0. The van der Waals surface area contributed by atoms with E-state index in [9.17, 15) is 4.39 Å². The summed E-state index contributed by atoms with van der Waals surface area (Å²) >= 11 is 0. The molecule has 0 aliphatic heterocycles. The van der Waals surface area contributed by atoms with Crippen LogP contribution < -0.4 is 4.90 Å². The molecule has 0 atom stereocenters. The zero-order valence-corrected chi connectivity index (χ0v) is 12.5. The Labute approximate surface area is 124 Å². The first-order chi connectivity index (χ1) is 10.0. The second-order valence-corrected chi connectivity index (χ2v) is 5.62. The molecular formula is C19H18FN. The molecule has 0 aliphatic rings. The molecule has 0 aromatic heterocycles. The normalized spacial score (nSPS) is 10.9. The topological polar surface area (TPSA) is 3.24 Å². The molecule has 0 spiro atoms. The second kappa shape index (κ2) is 5.21. The summed E-state index contributed by atoms with van der Waals surface area (Å²) in [5.41, 5.74) is 4.59. The quantitative estimate of drug-likeness (QED) is 0.636. The Bertz CT molecular complexity index is 806. The fourth-order valence-corrected chi connectivity index (χ4v) is 2.68. The molecular weight excluding hydrogens is 261 g/mol. The summed E-state index contributed by atoms with van der Waals surface area (Å²) in [7, 11) is 4.02. The average molecular weight is 279 g/mol. The highest BCUT2D eigenvalue weighted by Crippen LogP contribution is 2.33. The van der Waals surface area contributed by atoms with Gasteiger partial charge in [0.25, 0.3) is 0 Å². The van der Waals surface area contributed by atoms with Gasteiger partial charge >= 0.3 is 0 Å². The molecule has 0 heterocycles.